The molecule has 2 aromatic carbocycles. The summed E-state index contributed by atoms with van der Waals surface area (Å²) in [5, 5.41) is 9.01. The van der Waals surface area contributed by atoms with Crippen molar-refractivity contribution in [3.63, 3.8) is 0 Å². The van der Waals surface area contributed by atoms with Gasteiger partial charge in [0.25, 0.3) is 0 Å². The lowest BCUT2D eigenvalue weighted by Crippen LogP contribution is -2.03. The largest absolute Gasteiger partial charge is 0.497 e. The maximum atomic E-state index is 9.01. The van der Waals surface area contributed by atoms with Crippen LogP contribution in [0.2, 0.25) is 0 Å². The average Bonchev–Trinajstić information content (AvgIpc) is 3.44. The van der Waals surface area contributed by atoms with E-state index in [1.807, 2.05) is 55.5 Å². The third kappa shape index (κ3) is 7.10. The van der Waals surface area contributed by atoms with E-state index in [0.717, 1.165) is 16.6 Å². The van der Waals surface area contributed by atoms with Gasteiger partial charge < -0.3 is 15.6 Å². The van der Waals surface area contributed by atoms with E-state index in [1.165, 1.54) is 11.1 Å². The molecule has 1 saturated carbocycles. The number of ether oxygens (including phenoxy) is 1. The molecule has 3 rings (SSSR count). The maximum Gasteiger partial charge on any atom is 0.373 e. The van der Waals surface area contributed by atoms with Crippen LogP contribution in [0.1, 0.15) is 36.4 Å². The number of methoxy groups -OCH3 is 1. The normalized spacial score (nSPS) is 18.2. The lowest BCUT2D eigenvalue weighted by molar-refractivity contribution is -0.191. The highest BCUT2D eigenvalue weighted by Gasteiger charge is 2.38. The average molecular weight is 422 g/mol. The van der Waals surface area contributed by atoms with Crippen LogP contribution in [0.25, 0.3) is 0 Å². The number of carbonyl (C=O) groups excluding carboxylic acids is 2. The first-order valence-corrected chi connectivity index (χ1v) is 9.01. The molecule has 0 bridgehead atoms. The smallest absolute Gasteiger partial charge is 0.373 e. The fraction of sp³-hybridized carbons (Fsp3) is 0.350. The van der Waals surface area contributed by atoms with Crippen molar-refractivity contribution in [3.8, 4) is 5.75 Å². The first-order chi connectivity index (χ1) is 12.5. The number of aliphatic hydroxyl groups is 1. The molecule has 2 aromatic rings. The second kappa shape index (κ2) is 11.6. The van der Waals surface area contributed by atoms with Crippen LogP contribution >= 0.6 is 15.9 Å². The van der Waals surface area contributed by atoms with E-state index < -0.39 is 0 Å². The predicted molar refractivity (Wildman–Crippen MR) is 103 cm³/mol. The third-order valence-corrected chi connectivity index (χ3v) is 4.81. The zero-order valence-corrected chi connectivity index (χ0v) is 16.5. The van der Waals surface area contributed by atoms with Gasteiger partial charge in [0.05, 0.1) is 7.11 Å². The van der Waals surface area contributed by atoms with Gasteiger partial charge in [-0.05, 0) is 54.5 Å². The minimum absolute atomic E-state index is 0.159. The minimum atomic E-state index is 0.159. The highest BCUT2D eigenvalue weighted by atomic mass is 79.9. The summed E-state index contributed by atoms with van der Waals surface area (Å²) in [4.78, 5) is 16.2. The van der Waals surface area contributed by atoms with Gasteiger partial charge in [0.15, 0.2) is 0 Å². The summed E-state index contributed by atoms with van der Waals surface area (Å²) in [5.74, 6) is 1.83. The molecule has 3 atom stereocenters. The molecule has 1 aliphatic carbocycles. The van der Waals surface area contributed by atoms with Crippen molar-refractivity contribution < 1.29 is 19.4 Å². The van der Waals surface area contributed by atoms with Gasteiger partial charge >= 0.3 is 6.15 Å². The molecule has 0 amide bonds. The molecule has 0 aromatic heterocycles. The van der Waals surface area contributed by atoms with Gasteiger partial charge in [0.1, 0.15) is 5.75 Å². The van der Waals surface area contributed by atoms with Crippen LogP contribution in [-0.4, -0.2) is 25.0 Å². The Morgan fingerprint density at radius 3 is 2.31 bits per heavy atom. The molecule has 1 aliphatic rings. The Kier molecular flexibility index (Phi) is 9.84. The van der Waals surface area contributed by atoms with Crippen molar-refractivity contribution in [1.82, 2.24) is 0 Å². The monoisotopic (exact) mass is 421 g/mol. The number of rotatable bonds is 4. The van der Waals surface area contributed by atoms with E-state index in [-0.39, 0.29) is 18.8 Å². The molecule has 3 N–H and O–H groups in total. The van der Waals surface area contributed by atoms with E-state index in [9.17, 15) is 0 Å². The van der Waals surface area contributed by atoms with Crippen LogP contribution in [0.3, 0.4) is 0 Å². The molecule has 140 valence electrons. The SMILES string of the molecule is COc1ccc(Br)c([C@@H]2C[C@@H]2CO)c1.C[C@@H](N)c1ccccc1.O=C=O. The Labute approximate surface area is 162 Å². The minimum Gasteiger partial charge on any atom is -0.497 e. The molecule has 1 fully saturated rings. The summed E-state index contributed by atoms with van der Waals surface area (Å²) < 4.78 is 6.28. The molecule has 26 heavy (non-hydrogen) atoms. The number of benzene rings is 2. The molecule has 0 spiro atoms. The molecular formula is C20H24BrNO4. The number of hydrogen-bond donors (Lipinski definition) is 2. The fourth-order valence-corrected chi connectivity index (χ4v) is 3.06. The molecule has 0 radical (unpaired) electrons. The van der Waals surface area contributed by atoms with Gasteiger partial charge in [-0.25, -0.2) is 0 Å². The van der Waals surface area contributed by atoms with Gasteiger partial charge in [0, 0.05) is 17.1 Å². The number of halogens is 1. The van der Waals surface area contributed by atoms with E-state index in [4.69, 9.17) is 25.2 Å². The zero-order chi connectivity index (χ0) is 19.5. The van der Waals surface area contributed by atoms with Crippen molar-refractivity contribution in [2.75, 3.05) is 13.7 Å². The lowest BCUT2D eigenvalue weighted by Gasteiger charge is -2.06. The van der Waals surface area contributed by atoms with Crippen molar-refractivity contribution in [2.24, 2.45) is 11.7 Å². The van der Waals surface area contributed by atoms with Crippen molar-refractivity contribution >= 4 is 22.1 Å². The van der Waals surface area contributed by atoms with Crippen LogP contribution in [0.5, 0.6) is 5.75 Å². The Hall–Kier alpha value is -1.98. The summed E-state index contributed by atoms with van der Waals surface area (Å²) in [6.45, 7) is 2.27. The van der Waals surface area contributed by atoms with Crippen LogP contribution in [0.15, 0.2) is 53.0 Å². The first-order valence-electron chi connectivity index (χ1n) is 8.22. The van der Waals surface area contributed by atoms with Gasteiger partial charge in [-0.2, -0.15) is 9.59 Å². The summed E-state index contributed by atoms with van der Waals surface area (Å²) >= 11 is 3.52. The second-order valence-electron chi connectivity index (χ2n) is 5.95. The van der Waals surface area contributed by atoms with E-state index >= 15 is 0 Å². The maximum absolute atomic E-state index is 9.01. The fourth-order valence-electron chi connectivity index (χ4n) is 2.52. The molecular weight excluding hydrogens is 398 g/mol. The third-order valence-electron chi connectivity index (χ3n) is 4.09. The highest BCUT2D eigenvalue weighted by Crippen LogP contribution is 2.49. The van der Waals surface area contributed by atoms with Crippen LogP contribution in [-0.2, 0) is 9.59 Å². The van der Waals surface area contributed by atoms with Crippen molar-refractivity contribution in [2.45, 2.75) is 25.3 Å². The highest BCUT2D eigenvalue weighted by molar-refractivity contribution is 9.10. The Morgan fingerprint density at radius 2 is 1.88 bits per heavy atom. The number of hydrogen-bond acceptors (Lipinski definition) is 5. The van der Waals surface area contributed by atoms with E-state index in [1.54, 1.807) is 7.11 Å². The molecule has 0 heterocycles. The van der Waals surface area contributed by atoms with Crippen LogP contribution in [0, 0.1) is 5.92 Å². The second-order valence-corrected chi connectivity index (χ2v) is 6.81. The summed E-state index contributed by atoms with van der Waals surface area (Å²) in [6, 6.07) is 16.2. The van der Waals surface area contributed by atoms with Gasteiger partial charge in [-0.15, -0.1) is 0 Å². The van der Waals surface area contributed by atoms with Gasteiger partial charge in [0.2, 0.25) is 0 Å². The topological polar surface area (TPSA) is 89.6 Å². The summed E-state index contributed by atoms with van der Waals surface area (Å²) in [6.07, 6.45) is 1.34. The quantitative estimate of drug-likeness (QED) is 0.785. The standard InChI is InChI=1S/C11H13BrO2.C8H11N.CO2/c1-14-8-2-3-11(12)10(5-8)9-4-7(9)6-13;1-7(9)8-5-3-2-4-6-8;2-1-3/h2-3,5,7,9,13H,4,6H2,1H3;2-7H,9H2,1H3;/t7-,9-;7-;/m11./s1. The lowest BCUT2D eigenvalue weighted by atomic mass is 10.1. The van der Waals surface area contributed by atoms with E-state index in [2.05, 4.69) is 15.9 Å². The predicted octanol–water partition coefficient (Wildman–Crippen LogP) is 3.68. The molecule has 0 unspecified atom stereocenters. The van der Waals surface area contributed by atoms with Crippen LogP contribution in [0.4, 0.5) is 0 Å². The molecule has 0 aliphatic heterocycles. The number of aliphatic hydroxyl groups excluding tert-OH is 1. The molecule has 5 nitrogen and oxygen atoms in total. The zero-order valence-electron chi connectivity index (χ0n) is 14.9. The van der Waals surface area contributed by atoms with Gasteiger partial charge in [-0.1, -0.05) is 46.3 Å². The van der Waals surface area contributed by atoms with Crippen molar-refractivity contribution in [3.05, 3.63) is 64.1 Å². The Morgan fingerprint density at radius 1 is 1.27 bits per heavy atom. The van der Waals surface area contributed by atoms with Crippen molar-refractivity contribution in [1.29, 1.82) is 0 Å². The summed E-state index contributed by atoms with van der Waals surface area (Å²) in [5.41, 5.74) is 8.06. The van der Waals surface area contributed by atoms with Crippen LogP contribution < -0.4 is 10.5 Å². The summed E-state index contributed by atoms with van der Waals surface area (Å²) in [7, 11) is 1.67. The molecule has 0 saturated heterocycles. The Balaban J connectivity index is 0.000000243. The van der Waals surface area contributed by atoms with Gasteiger partial charge in [-0.3, -0.25) is 0 Å². The molecule has 6 heteroatoms. The van der Waals surface area contributed by atoms with E-state index in [0.29, 0.717) is 11.8 Å². The Bertz CT molecular complexity index is 700. The number of nitrogens with two attached hydrogens (primary N) is 1. The first kappa shape index (κ1) is 22.1.